The zero-order chi connectivity index (χ0) is 11.0. The Labute approximate surface area is 96.1 Å². The number of hydrogen-bond acceptors (Lipinski definition) is 4. The molecule has 0 spiro atoms. The average Bonchev–Trinajstić information content (AvgIpc) is 3.07. The molecule has 2 aliphatic rings. The van der Waals surface area contributed by atoms with Crippen LogP contribution in [0.5, 0.6) is 0 Å². The molecule has 0 aromatic carbocycles. The molecule has 2 heterocycles. The minimum absolute atomic E-state index is 0.611. The number of nitrogens with zero attached hydrogens (tertiary/aromatic N) is 3. The molecule has 1 saturated heterocycles. The van der Waals surface area contributed by atoms with Crippen molar-refractivity contribution in [3.8, 4) is 0 Å². The Morgan fingerprint density at radius 2 is 2.25 bits per heavy atom. The maximum atomic E-state index is 4.67. The molecule has 1 aliphatic carbocycles. The van der Waals surface area contributed by atoms with Crippen LogP contribution < -0.4 is 10.2 Å². The van der Waals surface area contributed by atoms with Crippen molar-refractivity contribution in [2.45, 2.75) is 31.2 Å². The van der Waals surface area contributed by atoms with Crippen molar-refractivity contribution in [3.05, 3.63) is 18.1 Å². The standard InChI is InChI=1S/C12H18N4/c1-13-10-5-7-16(8-10)11-4-6-14-12(15-11)9-2-3-9/h4,6,9-10,13H,2-3,5,7-8H2,1H3/t10-/m1/s1. The van der Waals surface area contributed by atoms with Crippen LogP contribution in [0.1, 0.15) is 31.0 Å². The van der Waals surface area contributed by atoms with Gasteiger partial charge in [-0.25, -0.2) is 9.97 Å². The average molecular weight is 218 g/mol. The summed E-state index contributed by atoms with van der Waals surface area (Å²) in [6.07, 6.45) is 5.65. The van der Waals surface area contributed by atoms with E-state index in [1.165, 1.54) is 19.3 Å². The van der Waals surface area contributed by atoms with Gasteiger partial charge in [0.15, 0.2) is 0 Å². The second-order valence-electron chi connectivity index (χ2n) is 4.77. The number of hydrogen-bond donors (Lipinski definition) is 1. The molecular formula is C12H18N4. The molecule has 1 aromatic rings. The van der Waals surface area contributed by atoms with Crippen LogP contribution in [-0.2, 0) is 0 Å². The van der Waals surface area contributed by atoms with Crippen molar-refractivity contribution in [1.82, 2.24) is 15.3 Å². The number of likely N-dealkylation sites (N-methyl/N-ethyl adjacent to an activating group) is 1. The van der Waals surface area contributed by atoms with Crippen molar-refractivity contribution < 1.29 is 0 Å². The smallest absolute Gasteiger partial charge is 0.133 e. The fraction of sp³-hybridized carbons (Fsp3) is 0.667. The van der Waals surface area contributed by atoms with E-state index in [0.29, 0.717) is 12.0 Å². The highest BCUT2D eigenvalue weighted by Gasteiger charge is 2.28. The topological polar surface area (TPSA) is 41.0 Å². The SMILES string of the molecule is CN[C@@H]1CCN(c2ccnc(C3CC3)n2)C1. The molecule has 86 valence electrons. The maximum absolute atomic E-state index is 4.67. The van der Waals surface area contributed by atoms with Gasteiger partial charge in [0.25, 0.3) is 0 Å². The Morgan fingerprint density at radius 3 is 2.94 bits per heavy atom. The molecule has 0 radical (unpaired) electrons. The van der Waals surface area contributed by atoms with Crippen LogP contribution >= 0.6 is 0 Å². The molecule has 4 nitrogen and oxygen atoms in total. The second kappa shape index (κ2) is 4.01. The molecule has 1 saturated carbocycles. The lowest BCUT2D eigenvalue weighted by Gasteiger charge is -2.17. The number of aromatic nitrogens is 2. The van der Waals surface area contributed by atoms with Gasteiger partial charge >= 0.3 is 0 Å². The van der Waals surface area contributed by atoms with Gasteiger partial charge in [-0.05, 0) is 32.4 Å². The third-order valence-corrected chi connectivity index (χ3v) is 3.52. The lowest BCUT2D eigenvalue weighted by Crippen LogP contribution is -2.30. The first-order valence-electron chi connectivity index (χ1n) is 6.12. The van der Waals surface area contributed by atoms with Gasteiger partial charge in [-0.15, -0.1) is 0 Å². The summed E-state index contributed by atoms with van der Waals surface area (Å²) < 4.78 is 0. The Morgan fingerprint density at radius 1 is 1.38 bits per heavy atom. The van der Waals surface area contributed by atoms with Crippen molar-refractivity contribution in [2.24, 2.45) is 0 Å². The van der Waals surface area contributed by atoms with Gasteiger partial charge in [-0.1, -0.05) is 0 Å². The molecular weight excluding hydrogens is 200 g/mol. The first-order chi connectivity index (χ1) is 7.86. The third kappa shape index (κ3) is 1.89. The van der Waals surface area contributed by atoms with Gasteiger partial charge < -0.3 is 10.2 Å². The van der Waals surface area contributed by atoms with Gasteiger partial charge in [-0.3, -0.25) is 0 Å². The van der Waals surface area contributed by atoms with Crippen LogP contribution in [0.4, 0.5) is 5.82 Å². The molecule has 1 N–H and O–H groups in total. The van der Waals surface area contributed by atoms with E-state index >= 15 is 0 Å². The quantitative estimate of drug-likeness (QED) is 0.826. The second-order valence-corrected chi connectivity index (χ2v) is 4.77. The highest BCUT2D eigenvalue weighted by molar-refractivity contribution is 5.39. The monoisotopic (exact) mass is 218 g/mol. The molecule has 0 unspecified atom stereocenters. The van der Waals surface area contributed by atoms with Crippen LogP contribution in [-0.4, -0.2) is 36.1 Å². The molecule has 1 aromatic heterocycles. The van der Waals surface area contributed by atoms with Gasteiger partial charge in [0, 0.05) is 31.2 Å². The fourth-order valence-corrected chi connectivity index (χ4v) is 2.28. The minimum atomic E-state index is 0.611. The van der Waals surface area contributed by atoms with Crippen molar-refractivity contribution in [1.29, 1.82) is 0 Å². The van der Waals surface area contributed by atoms with E-state index in [4.69, 9.17) is 0 Å². The summed E-state index contributed by atoms with van der Waals surface area (Å²) in [6, 6.07) is 2.64. The number of nitrogens with one attached hydrogen (secondary N) is 1. The van der Waals surface area contributed by atoms with E-state index in [2.05, 4.69) is 20.2 Å². The summed E-state index contributed by atoms with van der Waals surface area (Å²) in [4.78, 5) is 11.4. The van der Waals surface area contributed by atoms with Crippen LogP contribution in [0.2, 0.25) is 0 Å². The largest absolute Gasteiger partial charge is 0.355 e. The van der Waals surface area contributed by atoms with Crippen LogP contribution in [0, 0.1) is 0 Å². The molecule has 4 heteroatoms. The molecule has 0 bridgehead atoms. The minimum Gasteiger partial charge on any atom is -0.355 e. The summed E-state index contributed by atoms with van der Waals surface area (Å²) in [6.45, 7) is 2.17. The summed E-state index contributed by atoms with van der Waals surface area (Å²) >= 11 is 0. The maximum Gasteiger partial charge on any atom is 0.133 e. The summed E-state index contributed by atoms with van der Waals surface area (Å²) in [5.74, 6) is 2.79. The van der Waals surface area contributed by atoms with Gasteiger partial charge in [-0.2, -0.15) is 0 Å². The molecule has 3 rings (SSSR count). The summed E-state index contributed by atoms with van der Waals surface area (Å²) in [5, 5.41) is 3.33. The zero-order valence-electron chi connectivity index (χ0n) is 9.69. The number of rotatable bonds is 3. The van der Waals surface area contributed by atoms with Crippen molar-refractivity contribution in [2.75, 3.05) is 25.0 Å². The molecule has 2 fully saturated rings. The van der Waals surface area contributed by atoms with Gasteiger partial charge in [0.1, 0.15) is 11.6 Å². The van der Waals surface area contributed by atoms with Crippen molar-refractivity contribution >= 4 is 5.82 Å². The molecule has 16 heavy (non-hydrogen) atoms. The van der Waals surface area contributed by atoms with Crippen LogP contribution in [0.15, 0.2) is 12.3 Å². The van der Waals surface area contributed by atoms with E-state index < -0.39 is 0 Å². The van der Waals surface area contributed by atoms with E-state index in [9.17, 15) is 0 Å². The van der Waals surface area contributed by atoms with E-state index in [1.807, 2.05) is 19.3 Å². The normalized spacial score (nSPS) is 25.1. The Balaban J connectivity index is 1.76. The van der Waals surface area contributed by atoms with Gasteiger partial charge in [0.05, 0.1) is 0 Å². The third-order valence-electron chi connectivity index (χ3n) is 3.52. The van der Waals surface area contributed by atoms with E-state index in [-0.39, 0.29) is 0 Å². The zero-order valence-corrected chi connectivity index (χ0v) is 9.69. The Hall–Kier alpha value is -1.16. The van der Waals surface area contributed by atoms with Crippen LogP contribution in [0.3, 0.4) is 0 Å². The lowest BCUT2D eigenvalue weighted by atomic mass is 10.3. The van der Waals surface area contributed by atoms with Crippen molar-refractivity contribution in [3.63, 3.8) is 0 Å². The summed E-state index contributed by atoms with van der Waals surface area (Å²) in [5.41, 5.74) is 0. The van der Waals surface area contributed by atoms with Crippen LogP contribution in [0.25, 0.3) is 0 Å². The summed E-state index contributed by atoms with van der Waals surface area (Å²) in [7, 11) is 2.03. The first-order valence-corrected chi connectivity index (χ1v) is 6.12. The number of anilines is 1. The highest BCUT2D eigenvalue weighted by atomic mass is 15.2. The Kier molecular flexibility index (Phi) is 2.52. The predicted octanol–water partition coefficient (Wildman–Crippen LogP) is 1.15. The fourth-order valence-electron chi connectivity index (χ4n) is 2.28. The first kappa shape index (κ1) is 10.0. The van der Waals surface area contributed by atoms with Gasteiger partial charge in [0.2, 0.25) is 0 Å². The van der Waals surface area contributed by atoms with E-state index in [0.717, 1.165) is 24.7 Å². The highest BCUT2D eigenvalue weighted by Crippen LogP contribution is 2.38. The molecule has 1 aliphatic heterocycles. The lowest BCUT2D eigenvalue weighted by molar-refractivity contribution is 0.616. The Bertz CT molecular complexity index is 375. The predicted molar refractivity (Wildman–Crippen MR) is 63.7 cm³/mol. The van der Waals surface area contributed by atoms with E-state index in [1.54, 1.807) is 0 Å². The molecule has 1 atom stereocenters. The molecule has 0 amide bonds.